The molecular formula is C15H23N3O2. The molecule has 1 aromatic rings. The Morgan fingerprint density at radius 1 is 1.35 bits per heavy atom. The largest absolute Gasteiger partial charge is 0.497 e. The molecule has 0 aromatic heterocycles. The Bertz CT molecular complexity index is 427. The lowest BCUT2D eigenvalue weighted by Crippen LogP contribution is -2.47. The summed E-state index contributed by atoms with van der Waals surface area (Å²) in [6, 6.07) is 7.79. The number of hydrogen-bond donors (Lipinski definition) is 2. The van der Waals surface area contributed by atoms with Crippen LogP contribution in [0.4, 0.5) is 0 Å². The van der Waals surface area contributed by atoms with Gasteiger partial charge in [-0.05, 0) is 24.6 Å². The molecule has 5 nitrogen and oxygen atoms in total. The topological polar surface area (TPSA) is 53.6 Å². The second-order valence-electron chi connectivity index (χ2n) is 5.09. The summed E-state index contributed by atoms with van der Waals surface area (Å²) in [5.74, 6) is 0.906. The molecule has 1 aliphatic rings. The van der Waals surface area contributed by atoms with Gasteiger partial charge in [-0.1, -0.05) is 12.1 Å². The normalized spacial score (nSPS) is 17.5. The number of benzene rings is 1. The summed E-state index contributed by atoms with van der Waals surface area (Å²) in [7, 11) is 1.65. The summed E-state index contributed by atoms with van der Waals surface area (Å²) in [6.07, 6.45) is 0. The van der Waals surface area contributed by atoms with E-state index in [1.165, 1.54) is 0 Å². The van der Waals surface area contributed by atoms with Gasteiger partial charge in [-0.15, -0.1) is 0 Å². The summed E-state index contributed by atoms with van der Waals surface area (Å²) in [5.41, 5.74) is 1.08. The highest BCUT2D eigenvalue weighted by Gasteiger charge is 2.15. The third-order valence-electron chi connectivity index (χ3n) is 3.57. The van der Waals surface area contributed by atoms with Crippen LogP contribution in [0, 0.1) is 0 Å². The molecule has 2 rings (SSSR count). The molecule has 1 heterocycles. The number of rotatable bonds is 5. The average molecular weight is 277 g/mol. The van der Waals surface area contributed by atoms with Crippen LogP contribution in [0.15, 0.2) is 24.3 Å². The Morgan fingerprint density at radius 3 is 2.60 bits per heavy atom. The predicted octanol–water partition coefficient (Wildman–Crippen LogP) is 0.778. The van der Waals surface area contributed by atoms with Gasteiger partial charge in [-0.25, -0.2) is 0 Å². The second kappa shape index (κ2) is 7.26. The van der Waals surface area contributed by atoms with Crippen molar-refractivity contribution in [1.29, 1.82) is 0 Å². The molecule has 110 valence electrons. The van der Waals surface area contributed by atoms with E-state index in [9.17, 15) is 4.79 Å². The van der Waals surface area contributed by atoms with Crippen molar-refractivity contribution in [2.75, 3.05) is 39.8 Å². The second-order valence-corrected chi connectivity index (χ2v) is 5.09. The Labute approximate surface area is 120 Å². The quantitative estimate of drug-likeness (QED) is 0.835. The molecule has 1 aliphatic heterocycles. The summed E-state index contributed by atoms with van der Waals surface area (Å²) in [6.45, 7) is 6.26. The van der Waals surface area contributed by atoms with E-state index in [0.717, 1.165) is 37.5 Å². The van der Waals surface area contributed by atoms with Crippen LogP contribution in [0.3, 0.4) is 0 Å². The minimum Gasteiger partial charge on any atom is -0.497 e. The van der Waals surface area contributed by atoms with Gasteiger partial charge in [0.25, 0.3) is 0 Å². The number of hydrogen-bond acceptors (Lipinski definition) is 4. The first-order valence-corrected chi connectivity index (χ1v) is 7.05. The number of carbonyl (C=O) groups is 1. The van der Waals surface area contributed by atoms with Crippen LogP contribution in [0.2, 0.25) is 0 Å². The summed E-state index contributed by atoms with van der Waals surface area (Å²) >= 11 is 0. The lowest BCUT2D eigenvalue weighted by Gasteiger charge is -2.27. The summed E-state index contributed by atoms with van der Waals surface area (Å²) in [4.78, 5) is 14.2. The molecule has 1 aromatic carbocycles. The molecule has 0 spiro atoms. The summed E-state index contributed by atoms with van der Waals surface area (Å²) in [5, 5.41) is 6.32. The maximum atomic E-state index is 12.0. The lowest BCUT2D eigenvalue weighted by atomic mass is 10.1. The van der Waals surface area contributed by atoms with E-state index in [2.05, 4.69) is 15.5 Å². The minimum atomic E-state index is 0.0105. The molecule has 1 atom stereocenters. The van der Waals surface area contributed by atoms with Crippen molar-refractivity contribution < 1.29 is 9.53 Å². The Balaban J connectivity index is 1.82. The SMILES string of the molecule is COc1ccc([C@H](C)NC(=O)CN2CCNCC2)cc1. The van der Waals surface area contributed by atoms with Gasteiger partial charge >= 0.3 is 0 Å². The van der Waals surface area contributed by atoms with Crippen LogP contribution in [-0.2, 0) is 4.79 Å². The Kier molecular flexibility index (Phi) is 5.38. The maximum Gasteiger partial charge on any atom is 0.234 e. The van der Waals surface area contributed by atoms with Crippen molar-refractivity contribution in [3.05, 3.63) is 29.8 Å². The first-order valence-electron chi connectivity index (χ1n) is 7.05. The van der Waals surface area contributed by atoms with Crippen molar-refractivity contribution in [3.63, 3.8) is 0 Å². The van der Waals surface area contributed by atoms with Crippen LogP contribution >= 0.6 is 0 Å². The van der Waals surface area contributed by atoms with E-state index in [4.69, 9.17) is 4.74 Å². The zero-order valence-electron chi connectivity index (χ0n) is 12.2. The van der Waals surface area contributed by atoms with Crippen molar-refractivity contribution in [1.82, 2.24) is 15.5 Å². The highest BCUT2D eigenvalue weighted by atomic mass is 16.5. The Morgan fingerprint density at radius 2 is 2.00 bits per heavy atom. The molecule has 1 saturated heterocycles. The van der Waals surface area contributed by atoms with Crippen LogP contribution in [-0.4, -0.2) is 50.6 Å². The number of nitrogens with one attached hydrogen (secondary N) is 2. The zero-order valence-corrected chi connectivity index (χ0v) is 12.2. The third-order valence-corrected chi connectivity index (χ3v) is 3.57. The molecular weight excluding hydrogens is 254 g/mol. The molecule has 2 N–H and O–H groups in total. The predicted molar refractivity (Wildman–Crippen MR) is 78.9 cm³/mol. The number of ether oxygens (including phenoxy) is 1. The molecule has 0 aliphatic carbocycles. The van der Waals surface area contributed by atoms with Crippen LogP contribution in [0.1, 0.15) is 18.5 Å². The van der Waals surface area contributed by atoms with Crippen LogP contribution in [0.25, 0.3) is 0 Å². The van der Waals surface area contributed by atoms with Crippen molar-refractivity contribution in [3.8, 4) is 5.75 Å². The molecule has 1 amide bonds. The molecule has 1 fully saturated rings. The van der Waals surface area contributed by atoms with Gasteiger partial charge in [0.15, 0.2) is 0 Å². The van der Waals surface area contributed by atoms with Gasteiger partial charge < -0.3 is 15.4 Å². The fraction of sp³-hybridized carbons (Fsp3) is 0.533. The van der Waals surface area contributed by atoms with E-state index in [0.29, 0.717) is 6.54 Å². The van der Waals surface area contributed by atoms with Crippen molar-refractivity contribution in [2.24, 2.45) is 0 Å². The van der Waals surface area contributed by atoms with Crippen LogP contribution in [0.5, 0.6) is 5.75 Å². The maximum absolute atomic E-state index is 12.0. The van der Waals surface area contributed by atoms with Crippen molar-refractivity contribution in [2.45, 2.75) is 13.0 Å². The zero-order chi connectivity index (χ0) is 14.4. The van der Waals surface area contributed by atoms with Gasteiger partial charge in [0.2, 0.25) is 5.91 Å². The van der Waals surface area contributed by atoms with E-state index < -0.39 is 0 Å². The molecule has 5 heteroatoms. The monoisotopic (exact) mass is 277 g/mol. The molecule has 0 saturated carbocycles. The number of carbonyl (C=O) groups excluding carboxylic acids is 1. The number of nitrogens with zero attached hydrogens (tertiary/aromatic N) is 1. The van der Waals surface area contributed by atoms with E-state index in [1.54, 1.807) is 7.11 Å². The van der Waals surface area contributed by atoms with Crippen molar-refractivity contribution >= 4 is 5.91 Å². The van der Waals surface area contributed by atoms with Gasteiger partial charge in [0, 0.05) is 26.2 Å². The number of piperazine rings is 1. The Hall–Kier alpha value is -1.59. The molecule has 0 radical (unpaired) electrons. The standard InChI is InChI=1S/C15H23N3O2/c1-12(13-3-5-14(20-2)6-4-13)17-15(19)11-18-9-7-16-8-10-18/h3-6,12,16H,7-11H2,1-2H3,(H,17,19)/t12-/m0/s1. The van der Waals surface area contributed by atoms with Gasteiger partial charge in [-0.3, -0.25) is 9.69 Å². The van der Waals surface area contributed by atoms with E-state index >= 15 is 0 Å². The number of methoxy groups -OCH3 is 1. The fourth-order valence-corrected chi connectivity index (χ4v) is 2.34. The number of amides is 1. The molecule has 0 bridgehead atoms. The minimum absolute atomic E-state index is 0.0105. The molecule has 20 heavy (non-hydrogen) atoms. The summed E-state index contributed by atoms with van der Waals surface area (Å²) < 4.78 is 5.13. The first kappa shape index (κ1) is 14.8. The third kappa shape index (κ3) is 4.21. The van der Waals surface area contributed by atoms with Crippen LogP contribution < -0.4 is 15.4 Å². The van der Waals surface area contributed by atoms with E-state index in [1.807, 2.05) is 31.2 Å². The lowest BCUT2D eigenvalue weighted by molar-refractivity contribution is -0.123. The van der Waals surface area contributed by atoms with E-state index in [-0.39, 0.29) is 11.9 Å². The molecule has 0 unspecified atom stereocenters. The van der Waals surface area contributed by atoms with Gasteiger partial charge in [0.05, 0.1) is 19.7 Å². The highest BCUT2D eigenvalue weighted by Crippen LogP contribution is 2.17. The fourth-order valence-electron chi connectivity index (χ4n) is 2.34. The van der Waals surface area contributed by atoms with Gasteiger partial charge in [-0.2, -0.15) is 0 Å². The van der Waals surface area contributed by atoms with Gasteiger partial charge in [0.1, 0.15) is 5.75 Å². The highest BCUT2D eigenvalue weighted by molar-refractivity contribution is 5.78. The first-order chi connectivity index (χ1) is 9.69. The smallest absolute Gasteiger partial charge is 0.234 e. The average Bonchev–Trinajstić information content (AvgIpc) is 2.48.